The first-order chi connectivity index (χ1) is 11.7. The number of amides is 1. The topological polar surface area (TPSA) is 68.2 Å². The Morgan fingerprint density at radius 3 is 2.92 bits per heavy atom. The summed E-state index contributed by atoms with van der Waals surface area (Å²) in [5.41, 5.74) is 0.566. The molecule has 1 saturated carbocycles. The molecular weight excluding hydrogens is 340 g/mol. The molecule has 3 fully saturated rings. The molecule has 1 spiro atoms. The number of nitrogens with one attached hydrogen (secondary N) is 2. The van der Waals surface area contributed by atoms with Gasteiger partial charge in [0.1, 0.15) is 5.69 Å². The number of rotatable bonds is 3. The van der Waals surface area contributed by atoms with E-state index >= 15 is 0 Å². The number of aromatic nitrogens is 2. The van der Waals surface area contributed by atoms with Gasteiger partial charge >= 0.3 is 0 Å². The molecule has 2 N–H and O–H groups in total. The molecule has 25 heavy (non-hydrogen) atoms. The molecular formula is C18H29ClN4O2. The maximum absolute atomic E-state index is 12.6. The monoisotopic (exact) mass is 368 g/mol. The van der Waals surface area contributed by atoms with Crippen molar-refractivity contribution in [3.63, 3.8) is 0 Å². The van der Waals surface area contributed by atoms with Crippen molar-refractivity contribution in [3.8, 4) is 0 Å². The van der Waals surface area contributed by atoms with Gasteiger partial charge in [0.25, 0.3) is 5.91 Å². The summed E-state index contributed by atoms with van der Waals surface area (Å²) in [6.07, 6.45) is 10.9. The molecule has 1 aliphatic carbocycles. The van der Waals surface area contributed by atoms with Crippen molar-refractivity contribution < 1.29 is 9.53 Å². The summed E-state index contributed by atoms with van der Waals surface area (Å²) in [7, 11) is 0. The highest BCUT2D eigenvalue weighted by Crippen LogP contribution is 2.40. The first-order valence-electron chi connectivity index (χ1n) is 9.45. The lowest BCUT2D eigenvalue weighted by atomic mass is 9.89. The van der Waals surface area contributed by atoms with Crippen LogP contribution in [-0.4, -0.2) is 47.0 Å². The molecule has 3 heterocycles. The molecule has 0 radical (unpaired) electrons. The number of ether oxygens (including phenoxy) is 1. The third-order valence-corrected chi connectivity index (χ3v) is 5.83. The second-order valence-corrected chi connectivity index (χ2v) is 7.58. The zero-order valence-corrected chi connectivity index (χ0v) is 15.5. The van der Waals surface area contributed by atoms with E-state index in [0.29, 0.717) is 11.7 Å². The predicted molar refractivity (Wildman–Crippen MR) is 98.3 cm³/mol. The number of hydrogen-bond donors (Lipinski definition) is 2. The van der Waals surface area contributed by atoms with Crippen molar-refractivity contribution in [1.29, 1.82) is 0 Å². The molecule has 0 aromatic carbocycles. The van der Waals surface area contributed by atoms with Crippen molar-refractivity contribution in [2.24, 2.45) is 0 Å². The van der Waals surface area contributed by atoms with Crippen LogP contribution in [0.15, 0.2) is 12.3 Å². The second kappa shape index (κ2) is 8.06. The van der Waals surface area contributed by atoms with Crippen LogP contribution in [0.25, 0.3) is 0 Å². The lowest BCUT2D eigenvalue weighted by Crippen LogP contribution is -2.47. The molecule has 6 nitrogen and oxygen atoms in total. The van der Waals surface area contributed by atoms with Crippen LogP contribution in [0, 0.1) is 0 Å². The van der Waals surface area contributed by atoms with Gasteiger partial charge in [-0.3, -0.25) is 9.48 Å². The van der Waals surface area contributed by atoms with E-state index in [1.165, 1.54) is 12.8 Å². The number of carbonyl (C=O) groups excluding carboxylic acids is 1. The lowest BCUT2D eigenvalue weighted by Gasteiger charge is -2.38. The average molecular weight is 369 g/mol. The highest BCUT2D eigenvalue weighted by Gasteiger charge is 2.40. The van der Waals surface area contributed by atoms with Gasteiger partial charge in [0.15, 0.2) is 0 Å². The Bertz CT molecular complexity index is 579. The number of piperidine rings is 1. The van der Waals surface area contributed by atoms with Gasteiger partial charge in [-0.05, 0) is 51.1 Å². The van der Waals surface area contributed by atoms with Gasteiger partial charge in [0.05, 0.1) is 11.6 Å². The Morgan fingerprint density at radius 1 is 1.32 bits per heavy atom. The molecule has 2 aliphatic heterocycles. The summed E-state index contributed by atoms with van der Waals surface area (Å²) < 4.78 is 8.00. The molecule has 7 heteroatoms. The molecule has 0 bridgehead atoms. The zero-order valence-electron chi connectivity index (χ0n) is 14.7. The minimum absolute atomic E-state index is 0. The maximum atomic E-state index is 12.6. The Hall–Kier alpha value is -1.11. The Kier molecular flexibility index (Phi) is 6.02. The van der Waals surface area contributed by atoms with Gasteiger partial charge in [-0.25, -0.2) is 0 Å². The summed E-state index contributed by atoms with van der Waals surface area (Å²) in [4.78, 5) is 12.6. The standard InChI is InChI=1S/C18H28N4O2.ClH/c23-17(16-5-10-22(21-16)15-4-3-9-19-13-15)20-14-6-11-24-18(12-14)7-1-2-8-18;/h5,10,14-15,19H,1-4,6-9,11-13H2,(H,20,23);1H. The SMILES string of the molecule is Cl.O=C(NC1CCOC2(CCCC2)C1)c1ccn(C2CCCNC2)n1. The van der Waals surface area contributed by atoms with Crippen LogP contribution in [0.1, 0.15) is 67.9 Å². The fourth-order valence-electron chi connectivity index (χ4n) is 4.50. The van der Waals surface area contributed by atoms with E-state index in [-0.39, 0.29) is 30.0 Å². The van der Waals surface area contributed by atoms with E-state index in [0.717, 1.165) is 58.2 Å². The van der Waals surface area contributed by atoms with E-state index in [4.69, 9.17) is 4.74 Å². The minimum Gasteiger partial charge on any atom is -0.375 e. The molecule has 1 aromatic rings. The largest absolute Gasteiger partial charge is 0.375 e. The summed E-state index contributed by atoms with van der Waals surface area (Å²) in [5.74, 6) is -0.0439. The molecule has 2 saturated heterocycles. The minimum atomic E-state index is -0.0439. The predicted octanol–water partition coefficient (Wildman–Crippen LogP) is 2.45. The molecule has 1 aromatic heterocycles. The third-order valence-electron chi connectivity index (χ3n) is 5.83. The van der Waals surface area contributed by atoms with Crippen LogP contribution in [0.3, 0.4) is 0 Å². The summed E-state index contributed by atoms with van der Waals surface area (Å²) in [6, 6.07) is 2.42. The van der Waals surface area contributed by atoms with E-state index in [1.54, 1.807) is 0 Å². The Labute approximate surface area is 155 Å². The van der Waals surface area contributed by atoms with Crippen molar-refractivity contribution in [3.05, 3.63) is 18.0 Å². The molecule has 140 valence electrons. The Morgan fingerprint density at radius 2 is 2.16 bits per heavy atom. The first kappa shape index (κ1) is 18.7. The normalized spacial score (nSPS) is 28.5. The molecule has 3 aliphatic rings. The summed E-state index contributed by atoms with van der Waals surface area (Å²) in [5, 5.41) is 11.1. The van der Waals surface area contributed by atoms with Crippen molar-refractivity contribution in [2.45, 2.75) is 69.1 Å². The van der Waals surface area contributed by atoms with Crippen LogP contribution in [-0.2, 0) is 4.74 Å². The van der Waals surface area contributed by atoms with Gasteiger partial charge in [0.2, 0.25) is 0 Å². The number of nitrogens with zero attached hydrogens (tertiary/aromatic N) is 2. The molecule has 2 atom stereocenters. The molecule has 2 unspecified atom stereocenters. The summed E-state index contributed by atoms with van der Waals surface area (Å²) in [6.45, 7) is 2.77. The fraction of sp³-hybridized carbons (Fsp3) is 0.778. The maximum Gasteiger partial charge on any atom is 0.271 e. The smallest absolute Gasteiger partial charge is 0.271 e. The van der Waals surface area contributed by atoms with Crippen LogP contribution in [0.4, 0.5) is 0 Å². The zero-order chi connectivity index (χ0) is 16.4. The van der Waals surface area contributed by atoms with Gasteiger partial charge < -0.3 is 15.4 Å². The van der Waals surface area contributed by atoms with Gasteiger partial charge in [-0.2, -0.15) is 5.10 Å². The van der Waals surface area contributed by atoms with E-state index in [1.807, 2.05) is 16.9 Å². The summed E-state index contributed by atoms with van der Waals surface area (Å²) >= 11 is 0. The van der Waals surface area contributed by atoms with Crippen LogP contribution in [0.2, 0.25) is 0 Å². The third kappa shape index (κ3) is 4.18. The van der Waals surface area contributed by atoms with Crippen LogP contribution < -0.4 is 10.6 Å². The first-order valence-corrected chi connectivity index (χ1v) is 9.45. The second-order valence-electron chi connectivity index (χ2n) is 7.58. The van der Waals surface area contributed by atoms with Crippen LogP contribution >= 0.6 is 12.4 Å². The highest BCUT2D eigenvalue weighted by molar-refractivity contribution is 5.92. The highest BCUT2D eigenvalue weighted by atomic mass is 35.5. The van der Waals surface area contributed by atoms with Gasteiger partial charge in [-0.15, -0.1) is 12.4 Å². The van der Waals surface area contributed by atoms with E-state index < -0.39 is 0 Å². The number of carbonyl (C=O) groups is 1. The Balaban J connectivity index is 0.00000182. The number of halogens is 1. The lowest BCUT2D eigenvalue weighted by molar-refractivity contribution is -0.0823. The van der Waals surface area contributed by atoms with Crippen molar-refractivity contribution in [2.75, 3.05) is 19.7 Å². The van der Waals surface area contributed by atoms with Gasteiger partial charge in [0, 0.05) is 25.4 Å². The molecule has 4 rings (SSSR count). The fourth-order valence-corrected chi connectivity index (χ4v) is 4.50. The van der Waals surface area contributed by atoms with Gasteiger partial charge in [-0.1, -0.05) is 12.8 Å². The quantitative estimate of drug-likeness (QED) is 0.859. The molecule has 1 amide bonds. The van der Waals surface area contributed by atoms with E-state index in [2.05, 4.69) is 15.7 Å². The van der Waals surface area contributed by atoms with E-state index in [9.17, 15) is 4.79 Å². The van der Waals surface area contributed by atoms with Crippen molar-refractivity contribution >= 4 is 18.3 Å². The number of hydrogen-bond acceptors (Lipinski definition) is 4. The van der Waals surface area contributed by atoms with Crippen LogP contribution in [0.5, 0.6) is 0 Å². The average Bonchev–Trinajstić information content (AvgIpc) is 3.26. The van der Waals surface area contributed by atoms with Crippen molar-refractivity contribution in [1.82, 2.24) is 20.4 Å².